The molecule has 0 aromatic heterocycles. The lowest BCUT2D eigenvalue weighted by atomic mass is 11.6. The molecule has 0 amide bonds. The molecule has 0 aliphatic heterocycles. The summed E-state index contributed by atoms with van der Waals surface area (Å²) < 4.78 is 0. The zero-order chi connectivity index (χ0) is 12.9. The molecule has 0 heterocycles. The minimum absolute atomic E-state index is 0.174. The van der Waals surface area contributed by atoms with Crippen molar-refractivity contribution in [2.75, 3.05) is 21.1 Å². The molecule has 0 aliphatic rings. The standard InChI is InChI=1S/C4H13NSi.C3H11NSi.C2H9NSi/c1-5-6(2,3)4;1-4-5(2)3;1-3-4-2/h5H,1-4H3;4-5H,1-3H3;3H,4H2,1-2H3. The Morgan fingerprint density at radius 2 is 1.20 bits per heavy atom. The van der Waals surface area contributed by atoms with E-state index in [1.807, 2.05) is 21.1 Å². The Balaban J connectivity index is -0.000000147. The van der Waals surface area contributed by atoms with Crippen LogP contribution in [0.4, 0.5) is 0 Å². The van der Waals surface area contributed by atoms with Crippen LogP contribution in [0.25, 0.3) is 0 Å². The molecule has 0 unspecified atom stereocenters. The van der Waals surface area contributed by atoms with Gasteiger partial charge in [0.25, 0.3) is 0 Å². The summed E-state index contributed by atoms with van der Waals surface area (Å²) in [6.45, 7) is 13.5. The van der Waals surface area contributed by atoms with Crippen LogP contribution in [-0.2, 0) is 0 Å². The Labute approximate surface area is 102 Å². The summed E-state index contributed by atoms with van der Waals surface area (Å²) in [5.41, 5.74) is 0. The van der Waals surface area contributed by atoms with Crippen molar-refractivity contribution < 1.29 is 0 Å². The van der Waals surface area contributed by atoms with Crippen molar-refractivity contribution in [3.8, 4) is 0 Å². The molecule has 0 fully saturated rings. The average molecular weight is 268 g/mol. The zero-order valence-electron chi connectivity index (χ0n) is 12.3. The SMILES string of the molecule is CN[SiH2]C.CN[SiH](C)C.CN[Si](C)(C)C. The van der Waals surface area contributed by atoms with E-state index in [2.05, 4.69) is 54.2 Å². The van der Waals surface area contributed by atoms with Gasteiger partial charge in [-0.3, -0.25) is 0 Å². The molecule has 0 saturated heterocycles. The molecule has 96 valence electrons. The first kappa shape index (κ1) is 20.9. The molecule has 0 spiro atoms. The van der Waals surface area contributed by atoms with Crippen LogP contribution in [0.1, 0.15) is 0 Å². The number of hydrogen-bond donors (Lipinski definition) is 3. The van der Waals surface area contributed by atoms with Gasteiger partial charge < -0.3 is 14.9 Å². The van der Waals surface area contributed by atoms with Crippen LogP contribution in [0.5, 0.6) is 0 Å². The van der Waals surface area contributed by atoms with Crippen LogP contribution >= 0.6 is 0 Å². The molecule has 0 radical (unpaired) electrons. The summed E-state index contributed by atoms with van der Waals surface area (Å²) in [7, 11) is 4.92. The minimum atomic E-state index is -0.881. The van der Waals surface area contributed by atoms with Crippen molar-refractivity contribution in [1.29, 1.82) is 0 Å². The Morgan fingerprint density at radius 3 is 1.20 bits per heavy atom. The fourth-order valence-electron chi connectivity index (χ4n) is 0. The lowest BCUT2D eigenvalue weighted by Crippen LogP contribution is -2.37. The maximum atomic E-state index is 3.24. The van der Waals surface area contributed by atoms with Gasteiger partial charge in [0, 0.05) is 0 Å². The smallest absolute Gasteiger partial charge is 0.116 e. The molecular weight excluding hydrogens is 234 g/mol. The summed E-state index contributed by atoms with van der Waals surface area (Å²) >= 11 is 0. The topological polar surface area (TPSA) is 36.1 Å². The van der Waals surface area contributed by atoms with E-state index in [-0.39, 0.29) is 9.68 Å². The zero-order valence-corrected chi connectivity index (χ0v) is 15.9. The highest BCUT2D eigenvalue weighted by molar-refractivity contribution is 6.73. The second-order valence-electron chi connectivity index (χ2n) is 4.65. The first-order valence-corrected chi connectivity index (χ1v) is 14.3. The molecule has 0 saturated carbocycles. The van der Waals surface area contributed by atoms with Crippen molar-refractivity contribution in [3.63, 3.8) is 0 Å². The van der Waals surface area contributed by atoms with E-state index in [0.29, 0.717) is 0 Å². The molecule has 0 aromatic rings. The number of hydrogen-bond acceptors (Lipinski definition) is 3. The molecule has 15 heavy (non-hydrogen) atoms. The van der Waals surface area contributed by atoms with Crippen LogP contribution in [0.2, 0.25) is 39.3 Å². The van der Waals surface area contributed by atoms with E-state index >= 15 is 0 Å². The predicted octanol–water partition coefficient (Wildman–Crippen LogP) is 0.568. The maximum Gasteiger partial charge on any atom is 0.116 e. The van der Waals surface area contributed by atoms with Gasteiger partial charge in [0.2, 0.25) is 0 Å². The van der Waals surface area contributed by atoms with Crippen LogP contribution in [0.3, 0.4) is 0 Å². The molecule has 0 atom stereocenters. The van der Waals surface area contributed by atoms with Crippen molar-refractivity contribution >= 4 is 26.9 Å². The second kappa shape index (κ2) is 14.5. The van der Waals surface area contributed by atoms with Crippen LogP contribution in [0, 0.1) is 0 Å². The van der Waals surface area contributed by atoms with Gasteiger partial charge in [-0.15, -0.1) is 0 Å². The van der Waals surface area contributed by atoms with Crippen molar-refractivity contribution in [2.24, 2.45) is 0 Å². The highest BCUT2D eigenvalue weighted by atomic mass is 28.3. The summed E-state index contributed by atoms with van der Waals surface area (Å²) in [6, 6.07) is 0. The lowest BCUT2D eigenvalue weighted by Gasteiger charge is -2.11. The van der Waals surface area contributed by atoms with E-state index < -0.39 is 17.2 Å². The molecule has 3 nitrogen and oxygen atoms in total. The Morgan fingerprint density at radius 1 is 1.00 bits per heavy atom. The van der Waals surface area contributed by atoms with E-state index in [1.54, 1.807) is 0 Å². The third kappa shape index (κ3) is 53.5. The van der Waals surface area contributed by atoms with Gasteiger partial charge in [-0.1, -0.05) is 39.3 Å². The van der Waals surface area contributed by atoms with Gasteiger partial charge in [0.05, 0.1) is 9.68 Å². The Bertz CT molecular complexity index is 103. The van der Waals surface area contributed by atoms with Gasteiger partial charge in [0.15, 0.2) is 0 Å². The normalized spacial score (nSPS) is 10.8. The largest absolute Gasteiger partial charge is 0.345 e. The maximum absolute atomic E-state index is 3.24. The van der Waals surface area contributed by atoms with E-state index in [4.69, 9.17) is 0 Å². The van der Waals surface area contributed by atoms with Crippen molar-refractivity contribution in [1.82, 2.24) is 14.9 Å². The second-order valence-corrected chi connectivity index (χ2v) is 14.0. The fraction of sp³-hybridized carbons (Fsp3) is 1.00. The summed E-state index contributed by atoms with van der Waals surface area (Å²) in [6.07, 6.45) is 0. The van der Waals surface area contributed by atoms with Crippen molar-refractivity contribution in [3.05, 3.63) is 0 Å². The van der Waals surface area contributed by atoms with Gasteiger partial charge in [-0.25, -0.2) is 0 Å². The van der Waals surface area contributed by atoms with Gasteiger partial charge in [-0.05, 0) is 21.1 Å². The lowest BCUT2D eigenvalue weighted by molar-refractivity contribution is 1.16. The van der Waals surface area contributed by atoms with Crippen molar-refractivity contribution in [2.45, 2.75) is 39.3 Å². The van der Waals surface area contributed by atoms with Crippen LogP contribution < -0.4 is 14.9 Å². The highest BCUT2D eigenvalue weighted by Gasteiger charge is 2.06. The summed E-state index contributed by atoms with van der Waals surface area (Å²) in [4.78, 5) is 9.48. The molecule has 0 rings (SSSR count). The molecular formula is C9H33N3Si3. The summed E-state index contributed by atoms with van der Waals surface area (Å²) in [5, 5.41) is 0. The average Bonchev–Trinajstić information content (AvgIpc) is 2.18. The van der Waals surface area contributed by atoms with E-state index in [9.17, 15) is 0 Å². The van der Waals surface area contributed by atoms with Gasteiger partial charge >= 0.3 is 0 Å². The first-order valence-electron chi connectivity index (χ1n) is 5.75. The highest BCUT2D eigenvalue weighted by Crippen LogP contribution is 1.89. The predicted molar refractivity (Wildman–Crippen MR) is 83.8 cm³/mol. The third-order valence-electron chi connectivity index (χ3n) is 1.68. The molecule has 0 bridgehead atoms. The van der Waals surface area contributed by atoms with Crippen LogP contribution in [0.15, 0.2) is 0 Å². The monoisotopic (exact) mass is 267 g/mol. The third-order valence-corrected chi connectivity index (χ3v) is 5.04. The van der Waals surface area contributed by atoms with Gasteiger partial charge in [-0.2, -0.15) is 0 Å². The Hall–Kier alpha value is 0.531. The molecule has 0 aliphatic carbocycles. The Kier molecular flexibility index (Phi) is 20.2. The number of nitrogens with one attached hydrogen (secondary N) is 3. The number of rotatable bonds is 3. The van der Waals surface area contributed by atoms with E-state index in [0.717, 1.165) is 0 Å². The quantitative estimate of drug-likeness (QED) is 0.655. The first-order chi connectivity index (χ1) is 6.74. The van der Waals surface area contributed by atoms with Gasteiger partial charge in [0.1, 0.15) is 17.2 Å². The van der Waals surface area contributed by atoms with Crippen LogP contribution in [-0.4, -0.2) is 48.0 Å². The minimum Gasteiger partial charge on any atom is -0.345 e. The molecule has 0 aromatic carbocycles. The molecule has 6 heteroatoms. The summed E-state index contributed by atoms with van der Waals surface area (Å²) in [5.74, 6) is 0. The molecule has 3 N–H and O–H groups in total. The van der Waals surface area contributed by atoms with E-state index in [1.165, 1.54) is 0 Å². The fourth-order valence-corrected chi connectivity index (χ4v) is 0.